The van der Waals surface area contributed by atoms with E-state index in [0.717, 1.165) is 16.7 Å². The standard InChI is InChI=1S/C27H25N3O3/c1-32-24-15-9-8-14-22(24)26-28-27(33-29-26)21-17-30(18-21)25(31)16-23(19-10-4-2-5-11-19)20-12-6-3-7-13-20/h2-15,21,23H,16-18H2,1H3. The Balaban J connectivity index is 1.26. The number of likely N-dealkylation sites (tertiary alicyclic amines) is 1. The van der Waals surface area contributed by atoms with Gasteiger partial charge in [-0.25, -0.2) is 0 Å². The molecule has 1 saturated heterocycles. The molecule has 3 aromatic carbocycles. The van der Waals surface area contributed by atoms with E-state index in [1.54, 1.807) is 7.11 Å². The number of ether oxygens (including phenoxy) is 1. The summed E-state index contributed by atoms with van der Waals surface area (Å²) in [6.07, 6.45) is 0.428. The predicted molar refractivity (Wildman–Crippen MR) is 125 cm³/mol. The fourth-order valence-corrected chi connectivity index (χ4v) is 4.28. The van der Waals surface area contributed by atoms with Gasteiger partial charge in [-0.15, -0.1) is 0 Å². The molecule has 1 aliphatic heterocycles. The lowest BCUT2D eigenvalue weighted by atomic mass is 9.87. The lowest BCUT2D eigenvalue weighted by molar-refractivity contribution is -0.136. The zero-order valence-electron chi connectivity index (χ0n) is 18.4. The summed E-state index contributed by atoms with van der Waals surface area (Å²) < 4.78 is 10.9. The molecule has 0 radical (unpaired) electrons. The zero-order valence-corrected chi connectivity index (χ0v) is 18.4. The van der Waals surface area contributed by atoms with Crippen LogP contribution in [0.25, 0.3) is 11.4 Å². The second-order valence-corrected chi connectivity index (χ2v) is 8.23. The van der Waals surface area contributed by atoms with Gasteiger partial charge in [0.25, 0.3) is 0 Å². The van der Waals surface area contributed by atoms with Crippen LogP contribution < -0.4 is 4.74 Å². The zero-order chi connectivity index (χ0) is 22.6. The minimum absolute atomic E-state index is 0.0273. The Kier molecular flexibility index (Phi) is 5.89. The Morgan fingerprint density at radius 3 is 2.21 bits per heavy atom. The first kappa shape index (κ1) is 20.9. The van der Waals surface area contributed by atoms with Gasteiger partial charge in [-0.05, 0) is 23.3 Å². The first-order chi connectivity index (χ1) is 16.2. The normalized spacial score (nSPS) is 13.7. The van der Waals surface area contributed by atoms with E-state index in [2.05, 4.69) is 34.4 Å². The van der Waals surface area contributed by atoms with Crippen LogP contribution in [0.5, 0.6) is 5.75 Å². The van der Waals surface area contributed by atoms with E-state index >= 15 is 0 Å². The number of hydrogen-bond donors (Lipinski definition) is 0. The van der Waals surface area contributed by atoms with E-state index in [1.807, 2.05) is 65.6 Å². The number of carbonyl (C=O) groups is 1. The van der Waals surface area contributed by atoms with Gasteiger partial charge in [0.1, 0.15) is 5.75 Å². The van der Waals surface area contributed by atoms with Crippen molar-refractivity contribution in [3.63, 3.8) is 0 Å². The van der Waals surface area contributed by atoms with Crippen molar-refractivity contribution >= 4 is 5.91 Å². The molecule has 4 aromatic rings. The maximum Gasteiger partial charge on any atom is 0.233 e. The lowest BCUT2D eigenvalue weighted by Gasteiger charge is -2.38. The van der Waals surface area contributed by atoms with Crippen LogP contribution >= 0.6 is 0 Å². The van der Waals surface area contributed by atoms with Crippen molar-refractivity contribution in [3.05, 3.63) is 102 Å². The first-order valence-electron chi connectivity index (χ1n) is 11.1. The molecule has 6 heteroatoms. The average molecular weight is 440 g/mol. The Hall–Kier alpha value is -3.93. The van der Waals surface area contributed by atoms with Crippen molar-refractivity contribution in [2.75, 3.05) is 20.2 Å². The van der Waals surface area contributed by atoms with Crippen LogP contribution in [0.15, 0.2) is 89.5 Å². The second kappa shape index (κ2) is 9.28. The van der Waals surface area contributed by atoms with Crippen molar-refractivity contribution in [2.24, 2.45) is 0 Å². The highest BCUT2D eigenvalue weighted by atomic mass is 16.5. The fourth-order valence-electron chi connectivity index (χ4n) is 4.28. The van der Waals surface area contributed by atoms with Crippen molar-refractivity contribution in [1.82, 2.24) is 15.0 Å². The largest absolute Gasteiger partial charge is 0.496 e. The number of nitrogens with zero attached hydrogens (tertiary/aromatic N) is 3. The molecule has 33 heavy (non-hydrogen) atoms. The summed E-state index contributed by atoms with van der Waals surface area (Å²) in [6.45, 7) is 1.17. The van der Waals surface area contributed by atoms with Gasteiger partial charge < -0.3 is 14.2 Å². The van der Waals surface area contributed by atoms with Gasteiger partial charge in [-0.3, -0.25) is 4.79 Å². The maximum absolute atomic E-state index is 13.1. The van der Waals surface area contributed by atoms with Crippen LogP contribution in [-0.2, 0) is 4.79 Å². The summed E-state index contributed by atoms with van der Waals surface area (Å²) in [5.74, 6) is 1.97. The van der Waals surface area contributed by atoms with Gasteiger partial charge in [-0.1, -0.05) is 78.0 Å². The highest BCUT2D eigenvalue weighted by molar-refractivity contribution is 5.79. The number of amides is 1. The minimum atomic E-state index is 0.0273. The number of aromatic nitrogens is 2. The first-order valence-corrected chi connectivity index (χ1v) is 11.1. The van der Waals surface area contributed by atoms with Gasteiger partial charge >= 0.3 is 0 Å². The summed E-state index contributed by atoms with van der Waals surface area (Å²) in [5.41, 5.74) is 3.08. The highest BCUT2D eigenvalue weighted by Gasteiger charge is 2.36. The smallest absolute Gasteiger partial charge is 0.233 e. The van der Waals surface area contributed by atoms with Crippen LogP contribution in [0.3, 0.4) is 0 Å². The molecule has 6 nitrogen and oxygen atoms in total. The molecule has 5 rings (SSSR count). The molecule has 1 aliphatic rings. The summed E-state index contributed by atoms with van der Waals surface area (Å²) in [7, 11) is 1.62. The van der Waals surface area contributed by atoms with Crippen molar-refractivity contribution in [3.8, 4) is 17.1 Å². The molecule has 166 valence electrons. The highest BCUT2D eigenvalue weighted by Crippen LogP contribution is 2.34. The molecule has 0 spiro atoms. The van der Waals surface area contributed by atoms with E-state index < -0.39 is 0 Å². The van der Waals surface area contributed by atoms with E-state index in [9.17, 15) is 4.79 Å². The van der Waals surface area contributed by atoms with E-state index in [4.69, 9.17) is 9.26 Å². The summed E-state index contributed by atoms with van der Waals surface area (Å²) >= 11 is 0. The van der Waals surface area contributed by atoms with E-state index in [1.165, 1.54) is 0 Å². The topological polar surface area (TPSA) is 68.5 Å². The number of rotatable bonds is 7. The summed E-state index contributed by atoms with van der Waals surface area (Å²) in [4.78, 5) is 19.5. The van der Waals surface area contributed by atoms with Crippen LogP contribution in [0, 0.1) is 0 Å². The van der Waals surface area contributed by atoms with Gasteiger partial charge in [0.05, 0.1) is 18.6 Å². The summed E-state index contributed by atoms with van der Waals surface area (Å²) in [6, 6.07) is 28.0. The fraction of sp³-hybridized carbons (Fsp3) is 0.222. The van der Waals surface area contributed by atoms with Gasteiger partial charge in [-0.2, -0.15) is 4.98 Å². The molecule has 1 aromatic heterocycles. The number of hydrogen-bond acceptors (Lipinski definition) is 5. The average Bonchev–Trinajstić information content (AvgIpc) is 3.32. The third-order valence-corrected chi connectivity index (χ3v) is 6.16. The number of carbonyl (C=O) groups excluding carboxylic acids is 1. The van der Waals surface area contributed by atoms with Gasteiger partial charge in [0.2, 0.25) is 17.6 Å². The molecule has 1 amide bonds. The van der Waals surface area contributed by atoms with Crippen molar-refractivity contribution in [2.45, 2.75) is 18.3 Å². The Morgan fingerprint density at radius 2 is 1.58 bits per heavy atom. The molecule has 0 N–H and O–H groups in total. The van der Waals surface area contributed by atoms with Crippen LogP contribution in [0.1, 0.15) is 35.3 Å². The van der Waals surface area contributed by atoms with Gasteiger partial charge in [0, 0.05) is 25.4 Å². The Morgan fingerprint density at radius 1 is 0.970 bits per heavy atom. The molecule has 2 heterocycles. The predicted octanol–water partition coefficient (Wildman–Crippen LogP) is 4.89. The van der Waals surface area contributed by atoms with E-state index in [-0.39, 0.29) is 17.7 Å². The van der Waals surface area contributed by atoms with E-state index in [0.29, 0.717) is 37.0 Å². The van der Waals surface area contributed by atoms with Crippen LogP contribution in [0.4, 0.5) is 0 Å². The minimum Gasteiger partial charge on any atom is -0.496 e. The lowest BCUT2D eigenvalue weighted by Crippen LogP contribution is -2.48. The number of para-hydroxylation sites is 1. The number of benzene rings is 3. The molecular formula is C27H25N3O3. The molecular weight excluding hydrogens is 414 g/mol. The molecule has 1 fully saturated rings. The van der Waals surface area contributed by atoms with Crippen LogP contribution in [-0.4, -0.2) is 41.1 Å². The quantitative estimate of drug-likeness (QED) is 0.410. The third-order valence-electron chi connectivity index (χ3n) is 6.16. The number of methoxy groups -OCH3 is 1. The third kappa shape index (κ3) is 4.37. The Bertz CT molecular complexity index is 1180. The van der Waals surface area contributed by atoms with Crippen molar-refractivity contribution < 1.29 is 14.1 Å². The van der Waals surface area contributed by atoms with Gasteiger partial charge in [0.15, 0.2) is 0 Å². The molecule has 0 aliphatic carbocycles. The Labute approximate surface area is 192 Å². The molecule has 0 unspecified atom stereocenters. The second-order valence-electron chi connectivity index (χ2n) is 8.23. The van der Waals surface area contributed by atoms with Crippen molar-refractivity contribution in [1.29, 1.82) is 0 Å². The maximum atomic E-state index is 13.1. The summed E-state index contributed by atoms with van der Waals surface area (Å²) in [5, 5.41) is 4.13. The molecule has 0 bridgehead atoms. The molecule has 0 atom stereocenters. The van der Waals surface area contributed by atoms with Crippen LogP contribution in [0.2, 0.25) is 0 Å². The monoisotopic (exact) mass is 439 g/mol. The molecule has 0 saturated carbocycles. The SMILES string of the molecule is COc1ccccc1-c1noc(C2CN(C(=O)CC(c3ccccc3)c3ccccc3)C2)n1.